The summed E-state index contributed by atoms with van der Waals surface area (Å²) in [5.74, 6) is -2.50. The van der Waals surface area contributed by atoms with Crippen LogP contribution in [0.5, 0.6) is 0 Å². The van der Waals surface area contributed by atoms with E-state index < -0.39 is 27.3 Å². The van der Waals surface area contributed by atoms with Gasteiger partial charge in [-0.15, -0.1) is 0 Å². The van der Waals surface area contributed by atoms with Gasteiger partial charge in [0.25, 0.3) is 0 Å². The summed E-state index contributed by atoms with van der Waals surface area (Å²) in [7, 11) is -4.00. The molecule has 0 fully saturated rings. The van der Waals surface area contributed by atoms with Crippen LogP contribution in [0.25, 0.3) is 11.0 Å². The molecule has 1 amide bonds. The van der Waals surface area contributed by atoms with Crippen molar-refractivity contribution in [3.8, 4) is 0 Å². The van der Waals surface area contributed by atoms with E-state index in [2.05, 4.69) is 15.3 Å². The van der Waals surface area contributed by atoms with Gasteiger partial charge in [0.2, 0.25) is 20.9 Å². The summed E-state index contributed by atoms with van der Waals surface area (Å²) in [6, 6.07) is 8.90. The second kappa shape index (κ2) is 6.45. The number of hydrogen-bond acceptors (Lipinski definition) is 4. The lowest BCUT2D eigenvalue weighted by Gasteiger charge is -2.06. The van der Waals surface area contributed by atoms with Crippen LogP contribution in [0.1, 0.15) is 5.56 Å². The van der Waals surface area contributed by atoms with Crippen LogP contribution >= 0.6 is 11.6 Å². The van der Waals surface area contributed by atoms with Crippen LogP contribution in [0, 0.1) is 12.7 Å². The Labute approximate surface area is 147 Å². The highest BCUT2D eigenvalue weighted by Gasteiger charge is 2.23. The third-order valence-corrected chi connectivity index (χ3v) is 5.10. The first kappa shape index (κ1) is 17.4. The molecule has 0 bridgehead atoms. The molecule has 0 aliphatic carbocycles. The zero-order chi connectivity index (χ0) is 18.2. The summed E-state index contributed by atoms with van der Waals surface area (Å²) in [4.78, 5) is 18.7. The molecule has 0 saturated carbocycles. The molecule has 0 atom stereocenters. The van der Waals surface area contributed by atoms with Gasteiger partial charge in [0.15, 0.2) is 0 Å². The monoisotopic (exact) mass is 381 g/mol. The Morgan fingerprint density at radius 1 is 1.28 bits per heavy atom. The number of nitrogens with one attached hydrogen (secondary N) is 2. The summed E-state index contributed by atoms with van der Waals surface area (Å²) in [5, 5.41) is 2.07. The van der Waals surface area contributed by atoms with Crippen molar-refractivity contribution >= 4 is 44.1 Å². The average Bonchev–Trinajstić information content (AvgIpc) is 2.93. The number of aryl methyl sites for hydroxylation is 1. The number of imidazole rings is 1. The number of aromatic nitrogens is 2. The number of amides is 1. The smallest absolute Gasteiger partial charge is 0.240 e. The maximum atomic E-state index is 13.7. The van der Waals surface area contributed by atoms with E-state index in [0.29, 0.717) is 11.0 Å². The molecule has 0 aliphatic heterocycles. The van der Waals surface area contributed by atoms with Crippen molar-refractivity contribution in [2.24, 2.45) is 0 Å². The summed E-state index contributed by atoms with van der Waals surface area (Å²) < 4.78 is 38.4. The van der Waals surface area contributed by atoms with E-state index in [9.17, 15) is 17.6 Å². The molecule has 25 heavy (non-hydrogen) atoms. The Kier molecular flexibility index (Phi) is 4.49. The molecule has 3 rings (SSSR count). The van der Waals surface area contributed by atoms with E-state index in [1.807, 2.05) is 6.92 Å². The van der Waals surface area contributed by atoms with Gasteiger partial charge in [0.05, 0.1) is 16.7 Å². The molecule has 6 nitrogen and oxygen atoms in total. The molecule has 2 aromatic carbocycles. The molecule has 0 radical (unpaired) electrons. The highest BCUT2D eigenvalue weighted by Crippen LogP contribution is 2.20. The van der Waals surface area contributed by atoms with Gasteiger partial charge in [-0.25, -0.2) is 17.8 Å². The maximum absolute atomic E-state index is 13.7. The second-order valence-electron chi connectivity index (χ2n) is 5.49. The second-order valence-corrected chi connectivity index (χ2v) is 7.84. The Morgan fingerprint density at radius 3 is 2.76 bits per heavy atom. The van der Waals surface area contributed by atoms with Crippen molar-refractivity contribution in [3.63, 3.8) is 0 Å². The molecule has 0 spiro atoms. The number of fused-ring (bicyclic) bond motifs is 1. The van der Waals surface area contributed by atoms with E-state index in [1.165, 1.54) is 12.1 Å². The predicted molar refractivity (Wildman–Crippen MR) is 92.9 cm³/mol. The van der Waals surface area contributed by atoms with Crippen molar-refractivity contribution in [3.05, 3.63) is 52.8 Å². The van der Waals surface area contributed by atoms with Crippen molar-refractivity contribution in [2.75, 3.05) is 11.1 Å². The summed E-state index contributed by atoms with van der Waals surface area (Å²) >= 11 is 5.63. The molecule has 2 N–H and O–H groups in total. The maximum Gasteiger partial charge on any atom is 0.240 e. The van der Waals surface area contributed by atoms with Crippen LogP contribution in [0.3, 0.4) is 0 Å². The fourth-order valence-corrected chi connectivity index (χ4v) is 3.48. The minimum absolute atomic E-state index is 0.148. The number of hydrogen-bond donors (Lipinski definition) is 2. The van der Waals surface area contributed by atoms with Crippen LogP contribution in [-0.4, -0.2) is 30.0 Å². The SMILES string of the molecule is Cc1ccc2nc(S(=O)(=O)CC(=O)Nc3ccc(Cl)cc3F)[nH]c2c1. The largest absolute Gasteiger partial charge is 0.329 e. The number of carbonyl (C=O) groups excluding carboxylic acids is 1. The first-order valence-corrected chi connectivity index (χ1v) is 9.22. The van der Waals surface area contributed by atoms with Gasteiger partial charge in [0, 0.05) is 5.02 Å². The highest BCUT2D eigenvalue weighted by molar-refractivity contribution is 7.92. The lowest BCUT2D eigenvalue weighted by molar-refractivity contribution is -0.113. The number of benzene rings is 2. The van der Waals surface area contributed by atoms with Gasteiger partial charge in [-0.05, 0) is 42.8 Å². The van der Waals surface area contributed by atoms with E-state index in [0.717, 1.165) is 11.6 Å². The molecule has 3 aromatic rings. The van der Waals surface area contributed by atoms with Crippen molar-refractivity contribution in [2.45, 2.75) is 12.1 Å². The zero-order valence-electron chi connectivity index (χ0n) is 13.0. The number of halogens is 2. The molecule has 1 aromatic heterocycles. The molecule has 1 heterocycles. The molecule has 130 valence electrons. The van der Waals surface area contributed by atoms with Crippen LogP contribution in [-0.2, 0) is 14.6 Å². The van der Waals surface area contributed by atoms with Crippen molar-refractivity contribution < 1.29 is 17.6 Å². The number of sulfone groups is 1. The third-order valence-electron chi connectivity index (χ3n) is 3.44. The van der Waals surface area contributed by atoms with E-state index in [-0.39, 0.29) is 15.9 Å². The summed E-state index contributed by atoms with van der Waals surface area (Å²) in [6.45, 7) is 1.86. The number of carbonyl (C=O) groups is 1. The average molecular weight is 382 g/mol. The minimum Gasteiger partial charge on any atom is -0.329 e. The standard InChI is InChI=1S/C16H13ClFN3O3S/c1-9-2-4-13-14(6-9)21-16(20-13)25(23,24)8-15(22)19-12-5-3-10(17)7-11(12)18/h2-7H,8H2,1H3,(H,19,22)(H,20,21). The van der Waals surface area contributed by atoms with Crippen molar-refractivity contribution in [1.29, 1.82) is 0 Å². The Hall–Kier alpha value is -2.45. The van der Waals surface area contributed by atoms with Crippen molar-refractivity contribution in [1.82, 2.24) is 9.97 Å². The van der Waals surface area contributed by atoms with E-state index in [1.54, 1.807) is 18.2 Å². The lowest BCUT2D eigenvalue weighted by atomic mass is 10.2. The lowest BCUT2D eigenvalue weighted by Crippen LogP contribution is -2.24. The molecular formula is C16H13ClFN3O3S. The molecule has 0 aliphatic rings. The number of nitrogens with zero attached hydrogens (tertiary/aromatic N) is 1. The predicted octanol–water partition coefficient (Wildman–Crippen LogP) is 3.08. The number of rotatable bonds is 4. The fourth-order valence-electron chi connectivity index (χ4n) is 2.27. The normalized spacial score (nSPS) is 11.6. The molecule has 0 unspecified atom stereocenters. The van der Waals surface area contributed by atoms with Gasteiger partial charge in [-0.2, -0.15) is 0 Å². The highest BCUT2D eigenvalue weighted by atomic mass is 35.5. The zero-order valence-corrected chi connectivity index (χ0v) is 14.6. The molecule has 0 saturated heterocycles. The third kappa shape index (κ3) is 3.80. The number of H-pyrrole nitrogens is 1. The number of aromatic amines is 1. The topological polar surface area (TPSA) is 91.9 Å². The molecular weight excluding hydrogens is 369 g/mol. The summed E-state index contributed by atoms with van der Waals surface area (Å²) in [6.07, 6.45) is 0. The van der Waals surface area contributed by atoms with Crippen LogP contribution < -0.4 is 5.32 Å². The Balaban J connectivity index is 1.81. The number of anilines is 1. The van der Waals surface area contributed by atoms with Gasteiger partial charge in [-0.3, -0.25) is 4.79 Å². The summed E-state index contributed by atoms with van der Waals surface area (Å²) in [5.41, 5.74) is 1.83. The quantitative estimate of drug-likeness (QED) is 0.726. The van der Waals surface area contributed by atoms with E-state index >= 15 is 0 Å². The first-order valence-electron chi connectivity index (χ1n) is 7.19. The van der Waals surface area contributed by atoms with Gasteiger partial charge in [0.1, 0.15) is 11.6 Å². The fraction of sp³-hybridized carbons (Fsp3) is 0.125. The first-order chi connectivity index (χ1) is 11.7. The van der Waals surface area contributed by atoms with Crippen LogP contribution in [0.4, 0.5) is 10.1 Å². The van der Waals surface area contributed by atoms with Crippen LogP contribution in [0.2, 0.25) is 5.02 Å². The molecule has 9 heteroatoms. The van der Waals surface area contributed by atoms with Gasteiger partial charge >= 0.3 is 0 Å². The van der Waals surface area contributed by atoms with E-state index in [4.69, 9.17) is 11.6 Å². The van der Waals surface area contributed by atoms with Gasteiger partial charge < -0.3 is 10.3 Å². The van der Waals surface area contributed by atoms with Crippen LogP contribution in [0.15, 0.2) is 41.6 Å². The Bertz CT molecular complexity index is 1080. The van der Waals surface area contributed by atoms with Gasteiger partial charge in [-0.1, -0.05) is 17.7 Å². The Morgan fingerprint density at radius 2 is 2.04 bits per heavy atom. The minimum atomic E-state index is -4.00.